The highest BCUT2D eigenvalue weighted by atomic mass is 16.5. The summed E-state index contributed by atoms with van der Waals surface area (Å²) in [4.78, 5) is 0. The van der Waals surface area contributed by atoms with Crippen molar-refractivity contribution in [3.8, 4) is 0 Å². The minimum absolute atomic E-state index is 0.369. The van der Waals surface area contributed by atoms with E-state index >= 15 is 0 Å². The second-order valence-electron chi connectivity index (χ2n) is 7.18. The fraction of sp³-hybridized carbons (Fsp3) is 0.667. The zero-order chi connectivity index (χ0) is 18.0. The van der Waals surface area contributed by atoms with Gasteiger partial charge in [-0.25, -0.2) is 0 Å². The first-order valence-corrected chi connectivity index (χ1v) is 10.7. The molecule has 0 radical (unpaired) electrons. The van der Waals surface area contributed by atoms with Crippen LogP contribution in [0.1, 0.15) is 96.5 Å². The van der Waals surface area contributed by atoms with Gasteiger partial charge in [0.2, 0.25) is 0 Å². The molecule has 0 aromatic heterocycles. The van der Waals surface area contributed by atoms with E-state index in [4.69, 9.17) is 4.74 Å². The third kappa shape index (κ3) is 12.9. The summed E-state index contributed by atoms with van der Waals surface area (Å²) in [5.41, 5.74) is 1.28. The smallest absolute Gasteiger partial charge is 0.0720 e. The largest absolute Gasteiger partial charge is 0.373 e. The molecule has 0 bridgehead atoms. The van der Waals surface area contributed by atoms with Crippen LogP contribution in [0.2, 0.25) is 0 Å². The fourth-order valence-corrected chi connectivity index (χ4v) is 3.09. The average Bonchev–Trinajstić information content (AvgIpc) is 2.65. The van der Waals surface area contributed by atoms with Crippen molar-refractivity contribution in [2.75, 3.05) is 0 Å². The van der Waals surface area contributed by atoms with E-state index in [0.29, 0.717) is 6.10 Å². The Morgan fingerprint density at radius 1 is 0.800 bits per heavy atom. The first-order chi connectivity index (χ1) is 12.4. The SMILES string of the molecule is CCCCCCC/C=C/CC(CCCCCC)OCc1ccccc1. The van der Waals surface area contributed by atoms with Gasteiger partial charge in [0.1, 0.15) is 0 Å². The van der Waals surface area contributed by atoms with Crippen molar-refractivity contribution in [3.63, 3.8) is 0 Å². The molecule has 1 atom stereocenters. The molecule has 0 heterocycles. The molecule has 1 aromatic carbocycles. The minimum atomic E-state index is 0.369. The van der Waals surface area contributed by atoms with Crippen molar-refractivity contribution in [3.05, 3.63) is 48.0 Å². The number of ether oxygens (including phenoxy) is 1. The predicted octanol–water partition coefficient (Wildman–Crippen LogP) is 7.85. The molecule has 1 rings (SSSR count). The molecule has 25 heavy (non-hydrogen) atoms. The van der Waals surface area contributed by atoms with Crippen molar-refractivity contribution >= 4 is 0 Å². The number of unbranched alkanes of at least 4 members (excludes halogenated alkanes) is 8. The van der Waals surface area contributed by atoms with Crippen LogP contribution in [-0.2, 0) is 11.3 Å². The number of rotatable bonds is 16. The second-order valence-corrected chi connectivity index (χ2v) is 7.18. The van der Waals surface area contributed by atoms with Gasteiger partial charge in [0.05, 0.1) is 12.7 Å². The Hall–Kier alpha value is -1.08. The van der Waals surface area contributed by atoms with Crippen molar-refractivity contribution in [1.82, 2.24) is 0 Å². The van der Waals surface area contributed by atoms with Crippen molar-refractivity contribution in [1.29, 1.82) is 0 Å². The second kappa shape index (κ2) is 16.4. The van der Waals surface area contributed by atoms with E-state index in [1.54, 1.807) is 0 Å². The summed E-state index contributed by atoms with van der Waals surface area (Å²) in [7, 11) is 0. The standard InChI is InChI=1S/C24H40O/c1-3-5-7-9-10-11-12-17-21-24(20-16-8-6-4-2)25-22-23-18-14-13-15-19-23/h12-15,17-19,24H,3-11,16,20-22H2,1-2H3/b17-12+. The van der Waals surface area contributed by atoms with E-state index < -0.39 is 0 Å². The summed E-state index contributed by atoms with van der Waals surface area (Å²) >= 11 is 0. The Bertz CT molecular complexity index is 409. The molecule has 0 aliphatic heterocycles. The Morgan fingerprint density at radius 2 is 1.48 bits per heavy atom. The maximum absolute atomic E-state index is 6.22. The number of hydrogen-bond donors (Lipinski definition) is 0. The molecule has 142 valence electrons. The highest BCUT2D eigenvalue weighted by Gasteiger charge is 2.07. The normalized spacial score (nSPS) is 12.7. The van der Waals surface area contributed by atoms with Crippen LogP contribution in [0.5, 0.6) is 0 Å². The molecular formula is C24H40O. The van der Waals surface area contributed by atoms with Crippen molar-refractivity contribution in [2.45, 2.75) is 104 Å². The summed E-state index contributed by atoms with van der Waals surface area (Å²) in [5, 5.41) is 0. The Kier molecular flexibility index (Phi) is 14.4. The molecule has 0 aliphatic rings. The lowest BCUT2D eigenvalue weighted by Gasteiger charge is -2.16. The summed E-state index contributed by atoms with van der Waals surface area (Å²) in [5.74, 6) is 0. The fourth-order valence-electron chi connectivity index (χ4n) is 3.09. The molecule has 1 heteroatoms. The molecule has 0 N–H and O–H groups in total. The van der Waals surface area contributed by atoms with Gasteiger partial charge in [-0.05, 0) is 31.2 Å². The maximum Gasteiger partial charge on any atom is 0.0720 e. The van der Waals surface area contributed by atoms with Gasteiger partial charge in [-0.2, -0.15) is 0 Å². The van der Waals surface area contributed by atoms with Crippen LogP contribution in [0.4, 0.5) is 0 Å². The van der Waals surface area contributed by atoms with Gasteiger partial charge in [0.25, 0.3) is 0 Å². The molecule has 0 amide bonds. The van der Waals surface area contributed by atoms with E-state index in [1.165, 1.54) is 76.2 Å². The van der Waals surface area contributed by atoms with E-state index in [1.807, 2.05) is 0 Å². The molecule has 1 aromatic rings. The Labute approximate surface area is 156 Å². The number of allylic oxidation sites excluding steroid dienone is 1. The van der Waals surface area contributed by atoms with Crippen LogP contribution < -0.4 is 0 Å². The molecule has 1 unspecified atom stereocenters. The summed E-state index contributed by atoms with van der Waals surface area (Å²) in [6.07, 6.45) is 20.7. The van der Waals surface area contributed by atoms with Crippen molar-refractivity contribution < 1.29 is 4.74 Å². The maximum atomic E-state index is 6.22. The van der Waals surface area contributed by atoms with E-state index in [0.717, 1.165) is 13.0 Å². The van der Waals surface area contributed by atoms with E-state index in [2.05, 4.69) is 56.3 Å². The van der Waals surface area contributed by atoms with Crippen LogP contribution in [0.3, 0.4) is 0 Å². The first kappa shape index (κ1) is 22.0. The van der Waals surface area contributed by atoms with Gasteiger partial charge in [0.15, 0.2) is 0 Å². The zero-order valence-corrected chi connectivity index (χ0v) is 16.7. The molecular weight excluding hydrogens is 304 g/mol. The lowest BCUT2D eigenvalue weighted by atomic mass is 10.1. The van der Waals surface area contributed by atoms with E-state index in [9.17, 15) is 0 Å². The summed E-state index contributed by atoms with van der Waals surface area (Å²) in [6, 6.07) is 10.6. The summed E-state index contributed by atoms with van der Waals surface area (Å²) in [6.45, 7) is 5.28. The Morgan fingerprint density at radius 3 is 2.20 bits per heavy atom. The van der Waals surface area contributed by atoms with Crippen LogP contribution in [0.15, 0.2) is 42.5 Å². The van der Waals surface area contributed by atoms with Crippen LogP contribution in [0, 0.1) is 0 Å². The molecule has 0 saturated heterocycles. The first-order valence-electron chi connectivity index (χ1n) is 10.7. The third-order valence-corrected chi connectivity index (χ3v) is 4.75. The topological polar surface area (TPSA) is 9.23 Å². The van der Waals surface area contributed by atoms with Crippen molar-refractivity contribution in [2.24, 2.45) is 0 Å². The third-order valence-electron chi connectivity index (χ3n) is 4.75. The van der Waals surface area contributed by atoms with Gasteiger partial charge < -0.3 is 4.74 Å². The summed E-state index contributed by atoms with van der Waals surface area (Å²) < 4.78 is 6.22. The predicted molar refractivity (Wildman–Crippen MR) is 111 cm³/mol. The average molecular weight is 345 g/mol. The van der Waals surface area contributed by atoms with E-state index in [-0.39, 0.29) is 0 Å². The molecule has 0 fully saturated rings. The number of hydrogen-bond acceptors (Lipinski definition) is 1. The molecule has 0 aliphatic carbocycles. The van der Waals surface area contributed by atoms with Gasteiger partial charge >= 0.3 is 0 Å². The molecule has 0 spiro atoms. The highest BCUT2D eigenvalue weighted by Crippen LogP contribution is 2.15. The number of benzene rings is 1. The van der Waals surface area contributed by atoms with Gasteiger partial charge in [-0.15, -0.1) is 0 Å². The van der Waals surface area contributed by atoms with Crippen LogP contribution in [-0.4, -0.2) is 6.10 Å². The van der Waals surface area contributed by atoms with Gasteiger partial charge in [0, 0.05) is 0 Å². The quantitative estimate of drug-likeness (QED) is 0.219. The molecule has 1 nitrogen and oxygen atoms in total. The lowest BCUT2D eigenvalue weighted by Crippen LogP contribution is -2.12. The highest BCUT2D eigenvalue weighted by molar-refractivity contribution is 5.13. The monoisotopic (exact) mass is 344 g/mol. The van der Waals surface area contributed by atoms with Crippen LogP contribution >= 0.6 is 0 Å². The zero-order valence-electron chi connectivity index (χ0n) is 16.7. The lowest BCUT2D eigenvalue weighted by molar-refractivity contribution is 0.0353. The van der Waals surface area contributed by atoms with Gasteiger partial charge in [-0.3, -0.25) is 0 Å². The van der Waals surface area contributed by atoms with Gasteiger partial charge in [-0.1, -0.05) is 108 Å². The minimum Gasteiger partial charge on any atom is -0.373 e. The molecule has 0 saturated carbocycles. The Balaban J connectivity index is 2.26. The van der Waals surface area contributed by atoms with Crippen LogP contribution in [0.25, 0.3) is 0 Å².